The summed E-state index contributed by atoms with van der Waals surface area (Å²) in [6.07, 6.45) is 6.65. The van der Waals surface area contributed by atoms with Gasteiger partial charge in [-0.15, -0.1) is 0 Å². The van der Waals surface area contributed by atoms with Crippen LogP contribution in [0.3, 0.4) is 0 Å². The molecular formula is C12H19N3O. The first kappa shape index (κ1) is 10.3. The number of hydrogen-bond acceptors (Lipinski definition) is 3. The van der Waals surface area contributed by atoms with Crippen LogP contribution in [0.1, 0.15) is 37.4 Å². The van der Waals surface area contributed by atoms with Crippen LogP contribution in [0.25, 0.3) is 0 Å². The third kappa shape index (κ3) is 1.76. The Kier molecular flexibility index (Phi) is 2.69. The molecule has 0 amide bonds. The number of rotatable bonds is 2. The largest absolute Gasteiger partial charge is 0.378 e. The van der Waals surface area contributed by atoms with E-state index in [9.17, 15) is 0 Å². The molecule has 3 rings (SSSR count). The Morgan fingerprint density at radius 1 is 1.50 bits per heavy atom. The lowest BCUT2D eigenvalue weighted by molar-refractivity contribution is 0.00515. The molecular weight excluding hydrogens is 202 g/mol. The second-order valence-electron chi connectivity index (χ2n) is 4.94. The molecule has 3 heterocycles. The maximum atomic E-state index is 5.60. The van der Waals surface area contributed by atoms with Crippen molar-refractivity contribution in [2.45, 2.75) is 37.8 Å². The molecule has 0 aliphatic carbocycles. The van der Waals surface area contributed by atoms with Crippen LogP contribution >= 0.6 is 0 Å². The maximum absolute atomic E-state index is 5.60. The maximum Gasteiger partial charge on any atom is 0.0950 e. The fourth-order valence-electron chi connectivity index (χ4n) is 2.66. The minimum atomic E-state index is 0.383. The molecule has 2 unspecified atom stereocenters. The van der Waals surface area contributed by atoms with Crippen LogP contribution < -0.4 is 5.32 Å². The summed E-state index contributed by atoms with van der Waals surface area (Å²) in [5, 5.41) is 3.32. The molecule has 88 valence electrons. The van der Waals surface area contributed by atoms with Crippen molar-refractivity contribution in [2.75, 3.05) is 19.7 Å². The average Bonchev–Trinajstić information content (AvgIpc) is 2.64. The van der Waals surface area contributed by atoms with E-state index >= 15 is 0 Å². The van der Waals surface area contributed by atoms with Crippen LogP contribution in [0.15, 0.2) is 12.5 Å². The molecule has 16 heavy (non-hydrogen) atoms. The Morgan fingerprint density at radius 2 is 2.38 bits per heavy atom. The zero-order chi connectivity index (χ0) is 11.0. The first-order valence-electron chi connectivity index (χ1n) is 6.18. The normalized spacial score (nSPS) is 31.3. The molecule has 2 fully saturated rings. The zero-order valence-corrected chi connectivity index (χ0v) is 9.72. The molecule has 2 atom stereocenters. The minimum absolute atomic E-state index is 0.383. The van der Waals surface area contributed by atoms with Gasteiger partial charge in [-0.3, -0.25) is 0 Å². The predicted molar refractivity (Wildman–Crippen MR) is 61.5 cm³/mol. The van der Waals surface area contributed by atoms with Crippen molar-refractivity contribution in [3.63, 3.8) is 0 Å². The van der Waals surface area contributed by atoms with Crippen LogP contribution in [0, 0.1) is 0 Å². The number of nitrogens with zero attached hydrogens (tertiary/aromatic N) is 2. The fourth-order valence-corrected chi connectivity index (χ4v) is 2.66. The molecule has 0 radical (unpaired) electrons. The lowest BCUT2D eigenvalue weighted by Crippen LogP contribution is -2.41. The van der Waals surface area contributed by atoms with Gasteiger partial charge in [0.25, 0.3) is 0 Å². The van der Waals surface area contributed by atoms with Gasteiger partial charge in [-0.2, -0.15) is 0 Å². The minimum Gasteiger partial charge on any atom is -0.378 e. The van der Waals surface area contributed by atoms with Gasteiger partial charge in [-0.25, -0.2) is 4.98 Å². The summed E-state index contributed by atoms with van der Waals surface area (Å²) in [5.41, 5.74) is 1.40. The number of aromatic nitrogens is 2. The SMILES string of the molecule is CC1CC(n2cncc2C2CNC2)CCO1. The van der Waals surface area contributed by atoms with Gasteiger partial charge in [0.05, 0.1) is 12.4 Å². The summed E-state index contributed by atoms with van der Waals surface area (Å²) < 4.78 is 7.98. The van der Waals surface area contributed by atoms with Crippen molar-refractivity contribution >= 4 is 0 Å². The Bertz CT molecular complexity index is 359. The van der Waals surface area contributed by atoms with E-state index in [1.54, 1.807) is 0 Å². The summed E-state index contributed by atoms with van der Waals surface area (Å²) >= 11 is 0. The van der Waals surface area contributed by atoms with Crippen molar-refractivity contribution < 1.29 is 4.74 Å². The Hall–Kier alpha value is -0.870. The van der Waals surface area contributed by atoms with Crippen molar-refractivity contribution in [2.24, 2.45) is 0 Å². The molecule has 4 nitrogen and oxygen atoms in total. The topological polar surface area (TPSA) is 39.1 Å². The van der Waals surface area contributed by atoms with E-state index in [4.69, 9.17) is 4.74 Å². The van der Waals surface area contributed by atoms with E-state index < -0.39 is 0 Å². The molecule has 1 aromatic rings. The molecule has 0 saturated carbocycles. The number of imidazole rings is 1. The second kappa shape index (κ2) is 4.18. The van der Waals surface area contributed by atoms with Crippen molar-refractivity contribution in [1.82, 2.24) is 14.9 Å². The van der Waals surface area contributed by atoms with E-state index in [0.717, 1.165) is 32.5 Å². The number of hydrogen-bond donors (Lipinski definition) is 1. The molecule has 1 N–H and O–H groups in total. The van der Waals surface area contributed by atoms with Crippen molar-refractivity contribution in [1.29, 1.82) is 0 Å². The first-order valence-corrected chi connectivity index (χ1v) is 6.18. The van der Waals surface area contributed by atoms with Gasteiger partial charge in [0.15, 0.2) is 0 Å². The molecule has 0 aromatic carbocycles. The highest BCUT2D eigenvalue weighted by molar-refractivity contribution is 5.13. The van der Waals surface area contributed by atoms with Crippen LogP contribution in [0.4, 0.5) is 0 Å². The smallest absolute Gasteiger partial charge is 0.0950 e. The molecule has 4 heteroatoms. The third-order valence-corrected chi connectivity index (χ3v) is 3.75. The second-order valence-corrected chi connectivity index (χ2v) is 4.94. The Balaban J connectivity index is 1.79. The van der Waals surface area contributed by atoms with Gasteiger partial charge in [0.1, 0.15) is 0 Å². The van der Waals surface area contributed by atoms with Crippen LogP contribution in [0.5, 0.6) is 0 Å². The van der Waals surface area contributed by atoms with E-state index in [1.165, 1.54) is 5.69 Å². The summed E-state index contributed by atoms with van der Waals surface area (Å²) in [6.45, 7) is 5.25. The summed E-state index contributed by atoms with van der Waals surface area (Å²) in [6, 6.07) is 0.585. The molecule has 1 aromatic heterocycles. The highest BCUT2D eigenvalue weighted by atomic mass is 16.5. The Labute approximate surface area is 96.0 Å². The van der Waals surface area contributed by atoms with Gasteiger partial charge in [-0.05, 0) is 19.8 Å². The highest BCUT2D eigenvalue weighted by Crippen LogP contribution is 2.29. The lowest BCUT2D eigenvalue weighted by atomic mass is 9.97. The summed E-state index contributed by atoms with van der Waals surface area (Å²) in [7, 11) is 0. The van der Waals surface area contributed by atoms with Gasteiger partial charge in [0, 0.05) is 43.5 Å². The molecule has 0 spiro atoms. The predicted octanol–water partition coefficient (Wildman–Crippen LogP) is 1.31. The van der Waals surface area contributed by atoms with E-state index in [0.29, 0.717) is 18.1 Å². The van der Waals surface area contributed by atoms with E-state index in [1.807, 2.05) is 12.5 Å². The van der Waals surface area contributed by atoms with E-state index in [2.05, 4.69) is 21.8 Å². The molecule has 0 bridgehead atoms. The monoisotopic (exact) mass is 221 g/mol. The highest BCUT2D eigenvalue weighted by Gasteiger charge is 2.27. The van der Waals surface area contributed by atoms with Crippen molar-refractivity contribution in [3.05, 3.63) is 18.2 Å². The van der Waals surface area contributed by atoms with Crippen LogP contribution in [-0.4, -0.2) is 35.4 Å². The lowest BCUT2D eigenvalue weighted by Gasteiger charge is -2.33. The van der Waals surface area contributed by atoms with Gasteiger partial charge in [-0.1, -0.05) is 0 Å². The molecule has 2 saturated heterocycles. The molecule has 2 aliphatic rings. The summed E-state index contributed by atoms with van der Waals surface area (Å²) in [5.74, 6) is 0.667. The van der Waals surface area contributed by atoms with Crippen LogP contribution in [-0.2, 0) is 4.74 Å². The van der Waals surface area contributed by atoms with Crippen LogP contribution in [0.2, 0.25) is 0 Å². The summed E-state index contributed by atoms with van der Waals surface area (Å²) in [4.78, 5) is 4.32. The standard InChI is InChI=1S/C12H19N3O/c1-9-4-11(2-3-16-9)15-8-14-7-12(15)10-5-13-6-10/h7-11,13H,2-6H2,1H3. The first-order chi connectivity index (χ1) is 7.84. The molecule has 2 aliphatic heterocycles. The third-order valence-electron chi connectivity index (χ3n) is 3.75. The van der Waals surface area contributed by atoms with E-state index in [-0.39, 0.29) is 0 Å². The van der Waals surface area contributed by atoms with Gasteiger partial charge in [0.2, 0.25) is 0 Å². The quantitative estimate of drug-likeness (QED) is 0.818. The number of nitrogens with one attached hydrogen (secondary N) is 1. The fraction of sp³-hybridized carbons (Fsp3) is 0.750. The van der Waals surface area contributed by atoms with Gasteiger partial charge >= 0.3 is 0 Å². The average molecular weight is 221 g/mol. The number of ether oxygens (including phenoxy) is 1. The van der Waals surface area contributed by atoms with Crippen molar-refractivity contribution in [3.8, 4) is 0 Å². The zero-order valence-electron chi connectivity index (χ0n) is 9.72. The Morgan fingerprint density at radius 3 is 3.06 bits per heavy atom. The van der Waals surface area contributed by atoms with Gasteiger partial charge < -0.3 is 14.6 Å².